The number of methoxy groups -OCH3 is 2. The Morgan fingerprint density at radius 2 is 1.83 bits per heavy atom. The van der Waals surface area contributed by atoms with Crippen molar-refractivity contribution in [3.05, 3.63) is 23.5 Å². The summed E-state index contributed by atoms with van der Waals surface area (Å²) >= 11 is 6.18. The van der Waals surface area contributed by atoms with Crippen molar-refractivity contribution >= 4 is 34.6 Å². The predicted octanol–water partition coefficient (Wildman–Crippen LogP) is 3.69. The zero-order valence-electron chi connectivity index (χ0n) is 14.0. The molecule has 0 radical (unpaired) electrons. The molecule has 130 valence electrons. The third-order valence-electron chi connectivity index (χ3n) is 3.43. The summed E-state index contributed by atoms with van der Waals surface area (Å²) in [6.45, 7) is 2.92. The van der Waals surface area contributed by atoms with Gasteiger partial charge in [-0.15, -0.1) is 0 Å². The molecule has 1 aromatic heterocycles. The number of rotatable bonds is 8. The van der Waals surface area contributed by atoms with Gasteiger partial charge in [-0.05, 0) is 12.5 Å². The maximum atomic E-state index is 6.18. The van der Waals surface area contributed by atoms with Crippen LogP contribution in [0.4, 0.5) is 23.0 Å². The number of benzene rings is 1. The van der Waals surface area contributed by atoms with Crippen molar-refractivity contribution in [2.45, 2.75) is 19.8 Å². The van der Waals surface area contributed by atoms with Crippen LogP contribution in [0.2, 0.25) is 5.02 Å². The third-order valence-corrected chi connectivity index (χ3v) is 3.73. The number of nitrogens with zero attached hydrogens (tertiary/aromatic N) is 2. The first-order chi connectivity index (χ1) is 11.6. The minimum atomic E-state index is 0.433. The van der Waals surface area contributed by atoms with Crippen LogP contribution in [0.3, 0.4) is 0 Å². The van der Waals surface area contributed by atoms with Gasteiger partial charge in [0.05, 0.1) is 24.9 Å². The molecule has 0 saturated heterocycles. The molecule has 0 aliphatic rings. The van der Waals surface area contributed by atoms with Crippen molar-refractivity contribution in [3.8, 4) is 11.5 Å². The van der Waals surface area contributed by atoms with Gasteiger partial charge < -0.3 is 25.8 Å². The maximum absolute atomic E-state index is 6.18. The van der Waals surface area contributed by atoms with E-state index in [1.807, 2.05) is 0 Å². The summed E-state index contributed by atoms with van der Waals surface area (Å²) in [6.07, 6.45) is 3.57. The number of halogens is 1. The summed E-state index contributed by atoms with van der Waals surface area (Å²) in [4.78, 5) is 8.37. The molecule has 2 aromatic rings. The summed E-state index contributed by atoms with van der Waals surface area (Å²) < 4.78 is 10.6. The number of hydrogen-bond acceptors (Lipinski definition) is 7. The van der Waals surface area contributed by atoms with E-state index in [0.29, 0.717) is 39.5 Å². The molecule has 0 fully saturated rings. The zero-order chi connectivity index (χ0) is 17.5. The first-order valence-electron chi connectivity index (χ1n) is 7.63. The first kappa shape index (κ1) is 17.9. The Bertz CT molecular complexity index is 696. The lowest BCUT2D eigenvalue weighted by Gasteiger charge is -2.15. The Labute approximate surface area is 146 Å². The number of ether oxygens (including phenoxy) is 2. The Hall–Kier alpha value is -2.41. The van der Waals surface area contributed by atoms with E-state index in [9.17, 15) is 0 Å². The van der Waals surface area contributed by atoms with Gasteiger partial charge in [0.1, 0.15) is 23.5 Å². The van der Waals surface area contributed by atoms with Crippen molar-refractivity contribution in [2.24, 2.45) is 0 Å². The highest BCUT2D eigenvalue weighted by molar-refractivity contribution is 6.32. The largest absolute Gasteiger partial charge is 0.495 e. The Morgan fingerprint density at radius 1 is 1.12 bits per heavy atom. The number of hydrogen-bond donors (Lipinski definition) is 3. The molecule has 4 N–H and O–H groups in total. The van der Waals surface area contributed by atoms with Crippen LogP contribution in [0.25, 0.3) is 0 Å². The molecule has 0 spiro atoms. The van der Waals surface area contributed by atoms with Crippen LogP contribution in [-0.2, 0) is 0 Å². The molecule has 0 atom stereocenters. The molecule has 0 aliphatic heterocycles. The number of unbranched alkanes of at least 4 members (excludes halogenated alkanes) is 1. The molecule has 1 aromatic carbocycles. The molecule has 1 heterocycles. The lowest BCUT2D eigenvalue weighted by Crippen LogP contribution is -2.09. The first-order valence-corrected chi connectivity index (χ1v) is 8.01. The quantitative estimate of drug-likeness (QED) is 0.624. The van der Waals surface area contributed by atoms with E-state index in [2.05, 4.69) is 27.5 Å². The van der Waals surface area contributed by atoms with Gasteiger partial charge >= 0.3 is 0 Å². The van der Waals surface area contributed by atoms with Crippen LogP contribution in [-0.4, -0.2) is 30.7 Å². The molecule has 0 aliphatic carbocycles. The van der Waals surface area contributed by atoms with Crippen molar-refractivity contribution in [3.63, 3.8) is 0 Å². The normalized spacial score (nSPS) is 10.3. The molecule has 7 nitrogen and oxygen atoms in total. The fourth-order valence-electron chi connectivity index (χ4n) is 2.10. The molecule has 0 amide bonds. The van der Waals surface area contributed by atoms with Crippen LogP contribution < -0.4 is 25.8 Å². The number of nitrogens with one attached hydrogen (secondary N) is 2. The number of anilines is 4. The zero-order valence-corrected chi connectivity index (χ0v) is 14.8. The average Bonchev–Trinajstić information content (AvgIpc) is 2.58. The second-order valence-electron chi connectivity index (χ2n) is 5.08. The summed E-state index contributed by atoms with van der Waals surface area (Å²) in [7, 11) is 3.11. The third kappa shape index (κ3) is 4.11. The van der Waals surface area contributed by atoms with Gasteiger partial charge in [-0.1, -0.05) is 24.9 Å². The molecule has 0 saturated carbocycles. The van der Waals surface area contributed by atoms with Gasteiger partial charge in [0, 0.05) is 12.6 Å². The smallest absolute Gasteiger partial charge is 0.159 e. The molecular weight excluding hydrogens is 330 g/mol. The van der Waals surface area contributed by atoms with Gasteiger partial charge in [0.25, 0.3) is 0 Å². The molecular formula is C16H22ClN5O2. The standard InChI is InChI=1S/C16H22ClN5O2/c1-4-5-6-19-15-14(18)16(21-9-20-15)22-11-7-10(17)12(23-2)8-13(11)24-3/h7-9H,4-6,18H2,1-3H3,(H2,19,20,21,22). The average molecular weight is 352 g/mol. The van der Waals surface area contributed by atoms with E-state index in [0.717, 1.165) is 19.4 Å². The minimum absolute atomic E-state index is 0.433. The SMILES string of the molecule is CCCCNc1ncnc(Nc2cc(Cl)c(OC)cc2OC)c1N. The number of nitrogens with two attached hydrogens (primary N) is 1. The van der Waals surface area contributed by atoms with Crippen LogP contribution >= 0.6 is 11.6 Å². The second-order valence-corrected chi connectivity index (χ2v) is 5.48. The molecule has 8 heteroatoms. The summed E-state index contributed by atoms with van der Waals surface area (Å²) in [5, 5.41) is 6.79. The van der Waals surface area contributed by atoms with Gasteiger partial charge in [0.2, 0.25) is 0 Å². The van der Waals surface area contributed by atoms with Crippen LogP contribution in [0, 0.1) is 0 Å². The van der Waals surface area contributed by atoms with E-state index in [-0.39, 0.29) is 0 Å². The molecule has 0 unspecified atom stereocenters. The van der Waals surface area contributed by atoms with Gasteiger partial charge in [-0.2, -0.15) is 0 Å². The van der Waals surface area contributed by atoms with E-state index in [4.69, 9.17) is 26.8 Å². The van der Waals surface area contributed by atoms with Crippen LogP contribution in [0.5, 0.6) is 11.5 Å². The van der Waals surface area contributed by atoms with Crippen molar-refractivity contribution in [1.29, 1.82) is 0 Å². The monoisotopic (exact) mass is 351 g/mol. The Morgan fingerprint density at radius 3 is 2.50 bits per heavy atom. The minimum Gasteiger partial charge on any atom is -0.495 e. The van der Waals surface area contributed by atoms with E-state index >= 15 is 0 Å². The topological polar surface area (TPSA) is 94.3 Å². The maximum Gasteiger partial charge on any atom is 0.159 e. The van der Waals surface area contributed by atoms with Gasteiger partial charge in [-0.25, -0.2) is 9.97 Å². The molecule has 0 bridgehead atoms. The Balaban J connectivity index is 2.28. The predicted molar refractivity (Wildman–Crippen MR) is 97.7 cm³/mol. The summed E-state index contributed by atoms with van der Waals surface area (Å²) in [5.41, 5.74) is 7.22. The fraction of sp³-hybridized carbons (Fsp3) is 0.375. The van der Waals surface area contributed by atoms with Gasteiger partial charge in [-0.3, -0.25) is 0 Å². The summed E-state index contributed by atoms with van der Waals surface area (Å²) in [6, 6.07) is 3.40. The Kier molecular flexibility index (Phi) is 6.31. The lowest BCUT2D eigenvalue weighted by molar-refractivity contribution is 0.396. The van der Waals surface area contributed by atoms with Crippen molar-refractivity contribution < 1.29 is 9.47 Å². The summed E-state index contributed by atoms with van der Waals surface area (Å²) in [5.74, 6) is 2.16. The highest BCUT2D eigenvalue weighted by Gasteiger charge is 2.13. The lowest BCUT2D eigenvalue weighted by atomic mass is 10.2. The number of aromatic nitrogens is 2. The number of nitrogen functional groups attached to an aromatic ring is 1. The van der Waals surface area contributed by atoms with Gasteiger partial charge in [0.15, 0.2) is 11.6 Å². The van der Waals surface area contributed by atoms with E-state index < -0.39 is 0 Å². The second kappa shape index (κ2) is 8.44. The molecule has 2 rings (SSSR count). The van der Waals surface area contributed by atoms with E-state index in [1.165, 1.54) is 6.33 Å². The van der Waals surface area contributed by atoms with Crippen LogP contribution in [0.1, 0.15) is 19.8 Å². The highest BCUT2D eigenvalue weighted by atomic mass is 35.5. The fourth-order valence-corrected chi connectivity index (χ4v) is 2.35. The van der Waals surface area contributed by atoms with Crippen molar-refractivity contribution in [1.82, 2.24) is 9.97 Å². The highest BCUT2D eigenvalue weighted by Crippen LogP contribution is 2.38. The van der Waals surface area contributed by atoms with E-state index in [1.54, 1.807) is 26.4 Å². The molecule has 24 heavy (non-hydrogen) atoms. The van der Waals surface area contributed by atoms with Crippen LogP contribution in [0.15, 0.2) is 18.5 Å². The van der Waals surface area contributed by atoms with Crippen molar-refractivity contribution in [2.75, 3.05) is 37.1 Å².